The van der Waals surface area contributed by atoms with E-state index in [0.29, 0.717) is 35.5 Å². The predicted octanol–water partition coefficient (Wildman–Crippen LogP) is 3.44. The Morgan fingerprint density at radius 3 is 2.33 bits per heavy atom. The lowest BCUT2D eigenvalue weighted by molar-refractivity contribution is -0.130. The number of hydrogen-bond donors (Lipinski definition) is 3. The van der Waals surface area contributed by atoms with Gasteiger partial charge in [0.2, 0.25) is 5.91 Å². The minimum absolute atomic E-state index is 0.335. The Balaban J connectivity index is 1.29. The molecule has 1 saturated heterocycles. The second kappa shape index (κ2) is 11.2. The SMILES string of the molecule is COc1ccccc1NC(=O)c1ccc(NC(=O)CN2C(=O)NC(CCc3ccccc3)C2=O)cc1. The van der Waals surface area contributed by atoms with Crippen molar-refractivity contribution in [1.29, 1.82) is 0 Å². The molecule has 0 spiro atoms. The number of benzene rings is 3. The molecule has 0 bridgehead atoms. The highest BCUT2D eigenvalue weighted by Crippen LogP contribution is 2.24. The van der Waals surface area contributed by atoms with Crippen LogP contribution in [0.1, 0.15) is 22.3 Å². The van der Waals surface area contributed by atoms with Crippen LogP contribution in [0.3, 0.4) is 0 Å². The van der Waals surface area contributed by atoms with Crippen molar-refractivity contribution in [2.24, 2.45) is 0 Å². The molecule has 0 saturated carbocycles. The largest absolute Gasteiger partial charge is 0.495 e. The van der Waals surface area contributed by atoms with Crippen molar-refractivity contribution in [2.75, 3.05) is 24.3 Å². The number of carbonyl (C=O) groups is 4. The number of para-hydroxylation sites is 2. The van der Waals surface area contributed by atoms with Crippen molar-refractivity contribution < 1.29 is 23.9 Å². The minimum Gasteiger partial charge on any atom is -0.495 e. The number of aryl methyl sites for hydroxylation is 1. The second-order valence-electron chi connectivity index (χ2n) is 8.23. The lowest BCUT2D eigenvalue weighted by Crippen LogP contribution is -2.38. The maximum atomic E-state index is 12.6. The van der Waals surface area contributed by atoms with E-state index in [1.807, 2.05) is 30.3 Å². The van der Waals surface area contributed by atoms with Crippen LogP contribution in [-0.4, -0.2) is 48.3 Å². The monoisotopic (exact) mass is 486 g/mol. The number of imide groups is 1. The van der Waals surface area contributed by atoms with Gasteiger partial charge in [0.15, 0.2) is 0 Å². The summed E-state index contributed by atoms with van der Waals surface area (Å²) < 4.78 is 5.24. The summed E-state index contributed by atoms with van der Waals surface area (Å²) in [7, 11) is 1.52. The van der Waals surface area contributed by atoms with Gasteiger partial charge >= 0.3 is 6.03 Å². The first-order chi connectivity index (χ1) is 17.4. The fourth-order valence-corrected chi connectivity index (χ4v) is 3.87. The van der Waals surface area contributed by atoms with E-state index in [0.717, 1.165) is 10.5 Å². The maximum absolute atomic E-state index is 12.6. The number of hydrogen-bond acceptors (Lipinski definition) is 5. The van der Waals surface area contributed by atoms with E-state index in [1.54, 1.807) is 48.5 Å². The highest BCUT2D eigenvalue weighted by Gasteiger charge is 2.38. The van der Waals surface area contributed by atoms with E-state index in [-0.39, 0.29) is 5.91 Å². The smallest absolute Gasteiger partial charge is 0.325 e. The lowest BCUT2D eigenvalue weighted by Gasteiger charge is -2.13. The van der Waals surface area contributed by atoms with E-state index in [1.165, 1.54) is 7.11 Å². The Labute approximate surface area is 208 Å². The van der Waals surface area contributed by atoms with Gasteiger partial charge in [-0.25, -0.2) is 4.79 Å². The number of nitrogens with zero attached hydrogens (tertiary/aromatic N) is 1. The summed E-state index contributed by atoms with van der Waals surface area (Å²) >= 11 is 0. The van der Waals surface area contributed by atoms with Gasteiger partial charge < -0.3 is 20.7 Å². The maximum Gasteiger partial charge on any atom is 0.325 e. The molecule has 0 radical (unpaired) electrons. The van der Waals surface area contributed by atoms with Crippen LogP contribution in [0.4, 0.5) is 16.2 Å². The molecule has 4 rings (SSSR count). The molecule has 1 heterocycles. The first-order valence-electron chi connectivity index (χ1n) is 11.4. The third-order valence-electron chi connectivity index (χ3n) is 5.76. The quantitative estimate of drug-likeness (QED) is 0.401. The first kappa shape index (κ1) is 24.5. The average molecular weight is 487 g/mol. The average Bonchev–Trinajstić information content (AvgIpc) is 3.16. The molecule has 9 heteroatoms. The number of urea groups is 1. The summed E-state index contributed by atoms with van der Waals surface area (Å²) in [6.45, 7) is -0.400. The normalized spacial score (nSPS) is 14.8. The summed E-state index contributed by atoms with van der Waals surface area (Å²) in [5.74, 6) is -0.737. The molecule has 1 atom stereocenters. The molecule has 9 nitrogen and oxygen atoms in total. The number of nitrogens with one attached hydrogen (secondary N) is 3. The number of carbonyl (C=O) groups excluding carboxylic acids is 4. The highest BCUT2D eigenvalue weighted by molar-refractivity contribution is 6.08. The van der Waals surface area contributed by atoms with Crippen molar-refractivity contribution in [1.82, 2.24) is 10.2 Å². The number of amides is 5. The van der Waals surface area contributed by atoms with E-state index >= 15 is 0 Å². The fourth-order valence-electron chi connectivity index (χ4n) is 3.87. The number of methoxy groups -OCH3 is 1. The van der Waals surface area contributed by atoms with Gasteiger partial charge in [-0.3, -0.25) is 19.3 Å². The van der Waals surface area contributed by atoms with Gasteiger partial charge in [0.05, 0.1) is 12.8 Å². The van der Waals surface area contributed by atoms with Crippen LogP contribution in [0.2, 0.25) is 0 Å². The number of ether oxygens (including phenoxy) is 1. The van der Waals surface area contributed by atoms with Gasteiger partial charge in [0, 0.05) is 11.3 Å². The van der Waals surface area contributed by atoms with E-state index in [2.05, 4.69) is 16.0 Å². The molecule has 1 aliphatic heterocycles. The molecule has 3 aromatic rings. The lowest BCUT2D eigenvalue weighted by atomic mass is 10.1. The molecule has 36 heavy (non-hydrogen) atoms. The van der Waals surface area contributed by atoms with Crippen LogP contribution in [0.25, 0.3) is 0 Å². The zero-order valence-electron chi connectivity index (χ0n) is 19.7. The van der Waals surface area contributed by atoms with Crippen molar-refractivity contribution >= 4 is 35.1 Å². The Hall–Kier alpha value is -4.66. The fraction of sp³-hybridized carbons (Fsp3) is 0.185. The Morgan fingerprint density at radius 2 is 1.61 bits per heavy atom. The van der Waals surface area contributed by atoms with Crippen molar-refractivity contribution in [3.8, 4) is 5.75 Å². The van der Waals surface area contributed by atoms with Crippen molar-refractivity contribution in [3.63, 3.8) is 0 Å². The molecule has 5 amide bonds. The molecule has 3 aromatic carbocycles. The standard InChI is InChI=1S/C27H26N4O5/c1-36-23-10-6-5-9-21(23)29-25(33)19-12-14-20(15-13-19)28-24(32)17-31-26(34)22(30-27(31)35)16-11-18-7-3-2-4-8-18/h2-10,12-15,22H,11,16-17H2,1H3,(H,28,32)(H,29,33)(H,30,35). The molecule has 184 valence electrons. The van der Waals surface area contributed by atoms with Gasteiger partial charge in [-0.05, 0) is 54.8 Å². The van der Waals surface area contributed by atoms with Crippen LogP contribution in [-0.2, 0) is 16.0 Å². The summed E-state index contributed by atoms with van der Waals surface area (Å²) in [4.78, 5) is 50.9. The Morgan fingerprint density at radius 1 is 0.917 bits per heavy atom. The third kappa shape index (κ3) is 5.87. The van der Waals surface area contributed by atoms with Gasteiger partial charge in [-0.15, -0.1) is 0 Å². The highest BCUT2D eigenvalue weighted by atomic mass is 16.5. The van der Waals surface area contributed by atoms with E-state index in [9.17, 15) is 19.2 Å². The summed E-state index contributed by atoms with van der Waals surface area (Å²) in [5.41, 5.74) is 2.42. The van der Waals surface area contributed by atoms with Gasteiger partial charge in [0.25, 0.3) is 11.8 Å². The van der Waals surface area contributed by atoms with Crippen LogP contribution in [0, 0.1) is 0 Å². The van der Waals surface area contributed by atoms with Gasteiger partial charge in [-0.1, -0.05) is 42.5 Å². The van der Waals surface area contributed by atoms with Crippen LogP contribution < -0.4 is 20.7 Å². The predicted molar refractivity (Wildman–Crippen MR) is 135 cm³/mol. The Kier molecular flexibility index (Phi) is 7.60. The van der Waals surface area contributed by atoms with E-state index in [4.69, 9.17) is 4.74 Å². The molecule has 3 N–H and O–H groups in total. The molecule has 1 fully saturated rings. The Bertz CT molecular complexity index is 1260. The molecule has 1 aliphatic rings. The van der Waals surface area contributed by atoms with Crippen LogP contribution in [0.5, 0.6) is 5.75 Å². The molecule has 0 aliphatic carbocycles. The summed E-state index contributed by atoms with van der Waals surface area (Å²) in [5, 5.41) is 8.08. The van der Waals surface area contributed by atoms with Crippen LogP contribution >= 0.6 is 0 Å². The van der Waals surface area contributed by atoms with Gasteiger partial charge in [-0.2, -0.15) is 0 Å². The number of anilines is 2. The molecular formula is C27H26N4O5. The van der Waals surface area contributed by atoms with Crippen LogP contribution in [0.15, 0.2) is 78.9 Å². The second-order valence-corrected chi connectivity index (χ2v) is 8.23. The van der Waals surface area contributed by atoms with Gasteiger partial charge in [0.1, 0.15) is 18.3 Å². The van der Waals surface area contributed by atoms with Crippen molar-refractivity contribution in [3.05, 3.63) is 90.0 Å². The first-order valence-corrected chi connectivity index (χ1v) is 11.4. The number of rotatable bonds is 9. The summed E-state index contributed by atoms with van der Waals surface area (Å²) in [6, 6.07) is 21.7. The zero-order chi connectivity index (χ0) is 25.5. The minimum atomic E-state index is -0.661. The zero-order valence-corrected chi connectivity index (χ0v) is 19.7. The van der Waals surface area contributed by atoms with E-state index < -0.39 is 30.4 Å². The molecule has 0 aromatic heterocycles. The van der Waals surface area contributed by atoms with Crippen molar-refractivity contribution in [2.45, 2.75) is 18.9 Å². The summed E-state index contributed by atoms with van der Waals surface area (Å²) in [6.07, 6.45) is 1.08. The topological polar surface area (TPSA) is 117 Å². The molecular weight excluding hydrogens is 460 g/mol. The third-order valence-corrected chi connectivity index (χ3v) is 5.76. The molecule has 1 unspecified atom stereocenters.